The Labute approximate surface area is 341 Å². The quantitative estimate of drug-likeness (QED) is 0.163. The van der Waals surface area contributed by atoms with Crippen LogP contribution in [0.25, 0.3) is 111 Å². The van der Waals surface area contributed by atoms with Crippen LogP contribution in [0.5, 0.6) is 0 Å². The van der Waals surface area contributed by atoms with Crippen molar-refractivity contribution in [3.05, 3.63) is 212 Å². The lowest BCUT2D eigenvalue weighted by molar-refractivity contribution is 0.670. The van der Waals surface area contributed by atoms with Crippen molar-refractivity contribution in [1.29, 1.82) is 0 Å². The number of aromatic nitrogens is 3. The number of benzene rings is 9. The van der Waals surface area contributed by atoms with E-state index in [1.165, 1.54) is 16.3 Å². The molecule has 0 spiro atoms. The minimum Gasteiger partial charge on any atom is -0.455 e. The molecule has 0 saturated carbocycles. The van der Waals surface area contributed by atoms with Gasteiger partial charge >= 0.3 is 0 Å². The van der Waals surface area contributed by atoms with Gasteiger partial charge in [-0.05, 0) is 67.9 Å². The summed E-state index contributed by atoms with van der Waals surface area (Å²) in [5.74, 6) is 1.88. The highest BCUT2D eigenvalue weighted by molar-refractivity contribution is 6.10. The summed E-state index contributed by atoms with van der Waals surface area (Å²) in [7, 11) is 0. The zero-order valence-corrected chi connectivity index (χ0v) is 32.0. The fraction of sp³-hybridized carbons (Fsp3) is 0. The predicted octanol–water partition coefficient (Wildman–Crippen LogP) is 14.6. The van der Waals surface area contributed by atoms with Crippen LogP contribution in [0.3, 0.4) is 0 Å². The third-order valence-electron chi connectivity index (χ3n) is 11.2. The third kappa shape index (κ3) is 6.24. The molecule has 4 nitrogen and oxygen atoms in total. The van der Waals surface area contributed by atoms with Gasteiger partial charge in [-0.3, -0.25) is 0 Å². The number of para-hydroxylation sites is 2. The van der Waals surface area contributed by atoms with Crippen LogP contribution >= 0.6 is 0 Å². The molecule has 276 valence electrons. The van der Waals surface area contributed by atoms with E-state index < -0.39 is 0 Å². The fourth-order valence-electron chi connectivity index (χ4n) is 8.35. The SMILES string of the molecule is c1ccc(-c2nc(-c3cccc(-c4ccc(-c5cccc(-c6cccc7c6oc6ccccc67)c5)c5ccccc45)c3)nc(-c3ccccc3-c3ccccc3)n2)cc1. The molecule has 0 unspecified atom stereocenters. The van der Waals surface area contributed by atoms with Crippen molar-refractivity contribution in [2.45, 2.75) is 0 Å². The summed E-state index contributed by atoms with van der Waals surface area (Å²) in [4.78, 5) is 15.3. The summed E-state index contributed by atoms with van der Waals surface area (Å²) in [5.41, 5.74) is 13.5. The monoisotopic (exact) mass is 753 g/mol. The van der Waals surface area contributed by atoms with Gasteiger partial charge in [0.05, 0.1) is 0 Å². The molecule has 11 rings (SSSR count). The molecule has 0 fully saturated rings. The lowest BCUT2D eigenvalue weighted by atomic mass is 9.90. The van der Waals surface area contributed by atoms with Crippen LogP contribution in [-0.4, -0.2) is 15.0 Å². The van der Waals surface area contributed by atoms with E-state index in [2.05, 4.69) is 158 Å². The van der Waals surface area contributed by atoms with Gasteiger partial charge in [0.1, 0.15) is 11.2 Å². The molecule has 9 aromatic carbocycles. The average Bonchev–Trinajstić information content (AvgIpc) is 3.71. The van der Waals surface area contributed by atoms with Crippen LogP contribution in [0, 0.1) is 0 Å². The Balaban J connectivity index is 1.01. The second-order valence-electron chi connectivity index (χ2n) is 14.7. The van der Waals surface area contributed by atoms with Crippen LogP contribution in [-0.2, 0) is 0 Å². The molecule has 2 aromatic heterocycles. The maximum atomic E-state index is 6.43. The van der Waals surface area contributed by atoms with Gasteiger partial charge in [-0.1, -0.05) is 194 Å². The van der Waals surface area contributed by atoms with Crippen molar-refractivity contribution in [1.82, 2.24) is 15.0 Å². The van der Waals surface area contributed by atoms with Crippen LogP contribution in [0.2, 0.25) is 0 Å². The summed E-state index contributed by atoms with van der Waals surface area (Å²) in [6.45, 7) is 0. The molecular formula is C55H35N3O. The molecule has 0 bridgehead atoms. The van der Waals surface area contributed by atoms with E-state index >= 15 is 0 Å². The molecule has 59 heavy (non-hydrogen) atoms. The van der Waals surface area contributed by atoms with E-state index in [-0.39, 0.29) is 0 Å². The minimum atomic E-state index is 0.621. The number of fused-ring (bicyclic) bond motifs is 4. The second-order valence-corrected chi connectivity index (χ2v) is 14.7. The van der Waals surface area contributed by atoms with Crippen LogP contribution in [0.4, 0.5) is 0 Å². The van der Waals surface area contributed by atoms with E-state index in [1.807, 2.05) is 54.6 Å². The molecular weight excluding hydrogens is 719 g/mol. The maximum Gasteiger partial charge on any atom is 0.164 e. The van der Waals surface area contributed by atoms with Gasteiger partial charge in [0.25, 0.3) is 0 Å². The molecule has 0 N–H and O–H groups in total. The first-order valence-electron chi connectivity index (χ1n) is 19.9. The van der Waals surface area contributed by atoms with Gasteiger partial charge in [-0.2, -0.15) is 0 Å². The topological polar surface area (TPSA) is 51.8 Å². The standard InChI is InChI=1S/C55H35N3O/c1-3-16-36(17-4-1)42-24-7-10-28-50(42)55-57-53(37-18-5-2-6-19-37)56-54(58-55)41-23-14-21-39(35-41)44-33-32-43(46-25-8-9-26-47(44)46)38-20-13-22-40(34-38)45-29-15-30-49-48-27-11-12-31-51(48)59-52(45)49/h1-35H. The van der Waals surface area contributed by atoms with Crippen LogP contribution < -0.4 is 0 Å². The van der Waals surface area contributed by atoms with Gasteiger partial charge in [0.2, 0.25) is 0 Å². The Hall–Kier alpha value is -7.95. The minimum absolute atomic E-state index is 0.621. The third-order valence-corrected chi connectivity index (χ3v) is 11.2. The van der Waals surface area contributed by atoms with Gasteiger partial charge in [-0.25, -0.2) is 15.0 Å². The Morgan fingerprint density at radius 3 is 1.39 bits per heavy atom. The number of hydrogen-bond acceptors (Lipinski definition) is 4. The number of furan rings is 1. The molecule has 0 aliphatic rings. The van der Waals surface area contributed by atoms with Crippen molar-refractivity contribution in [3.63, 3.8) is 0 Å². The van der Waals surface area contributed by atoms with Gasteiger partial charge in [0, 0.05) is 33.0 Å². The average molecular weight is 754 g/mol. The lowest BCUT2D eigenvalue weighted by Gasteiger charge is -2.14. The summed E-state index contributed by atoms with van der Waals surface area (Å²) in [5, 5.41) is 4.61. The summed E-state index contributed by atoms with van der Waals surface area (Å²) < 4.78 is 6.43. The summed E-state index contributed by atoms with van der Waals surface area (Å²) >= 11 is 0. The van der Waals surface area contributed by atoms with E-state index in [4.69, 9.17) is 19.4 Å². The van der Waals surface area contributed by atoms with Gasteiger partial charge < -0.3 is 4.42 Å². The molecule has 0 saturated heterocycles. The normalized spacial score (nSPS) is 11.4. The largest absolute Gasteiger partial charge is 0.455 e. The van der Waals surface area contributed by atoms with Crippen molar-refractivity contribution < 1.29 is 4.42 Å². The van der Waals surface area contributed by atoms with Crippen molar-refractivity contribution >= 4 is 32.7 Å². The lowest BCUT2D eigenvalue weighted by Crippen LogP contribution is -2.01. The Morgan fingerprint density at radius 1 is 0.254 bits per heavy atom. The first-order valence-corrected chi connectivity index (χ1v) is 19.9. The van der Waals surface area contributed by atoms with E-state index in [9.17, 15) is 0 Å². The predicted molar refractivity (Wildman–Crippen MR) is 243 cm³/mol. The van der Waals surface area contributed by atoms with E-state index in [1.54, 1.807) is 0 Å². The van der Waals surface area contributed by atoms with E-state index in [0.717, 1.165) is 77.6 Å². The van der Waals surface area contributed by atoms with Crippen molar-refractivity contribution in [2.75, 3.05) is 0 Å². The smallest absolute Gasteiger partial charge is 0.164 e. The molecule has 2 heterocycles. The van der Waals surface area contributed by atoms with E-state index in [0.29, 0.717) is 17.5 Å². The van der Waals surface area contributed by atoms with Gasteiger partial charge in [-0.15, -0.1) is 0 Å². The zero-order valence-electron chi connectivity index (χ0n) is 32.0. The molecule has 11 aromatic rings. The molecule has 4 heteroatoms. The highest BCUT2D eigenvalue weighted by Gasteiger charge is 2.18. The van der Waals surface area contributed by atoms with Crippen LogP contribution in [0.15, 0.2) is 217 Å². The molecule has 0 aliphatic carbocycles. The Morgan fingerprint density at radius 2 is 0.695 bits per heavy atom. The summed E-state index contributed by atoms with van der Waals surface area (Å²) in [6, 6.07) is 74.0. The first kappa shape index (κ1) is 34.3. The number of nitrogens with zero attached hydrogens (tertiary/aromatic N) is 3. The highest BCUT2D eigenvalue weighted by Crippen LogP contribution is 2.40. The molecule has 0 radical (unpaired) electrons. The Bertz CT molecular complexity index is 3330. The zero-order chi connectivity index (χ0) is 39.1. The fourth-order valence-corrected chi connectivity index (χ4v) is 8.35. The first-order chi connectivity index (χ1) is 29.2. The summed E-state index contributed by atoms with van der Waals surface area (Å²) in [6.07, 6.45) is 0. The number of rotatable bonds is 7. The highest BCUT2D eigenvalue weighted by atomic mass is 16.3. The number of hydrogen-bond donors (Lipinski definition) is 0. The molecule has 0 amide bonds. The van der Waals surface area contributed by atoms with Crippen molar-refractivity contribution in [2.24, 2.45) is 0 Å². The van der Waals surface area contributed by atoms with Crippen LogP contribution in [0.1, 0.15) is 0 Å². The second kappa shape index (κ2) is 14.5. The molecule has 0 atom stereocenters. The molecule has 0 aliphatic heterocycles. The van der Waals surface area contributed by atoms with Gasteiger partial charge in [0.15, 0.2) is 17.5 Å². The maximum absolute atomic E-state index is 6.43. The van der Waals surface area contributed by atoms with Crippen molar-refractivity contribution in [3.8, 4) is 78.7 Å². The Kier molecular flexibility index (Phi) is 8.45.